The van der Waals surface area contributed by atoms with Gasteiger partial charge in [0.25, 0.3) is 0 Å². The van der Waals surface area contributed by atoms with Crippen LogP contribution in [-0.4, -0.2) is 18.3 Å². The van der Waals surface area contributed by atoms with Crippen molar-refractivity contribution in [1.82, 2.24) is 4.98 Å². The van der Waals surface area contributed by atoms with E-state index in [0.717, 1.165) is 12.0 Å². The highest BCUT2D eigenvalue weighted by molar-refractivity contribution is 6.35. The second-order valence-corrected chi connectivity index (χ2v) is 4.28. The summed E-state index contributed by atoms with van der Waals surface area (Å²) in [5.74, 6) is 0. The van der Waals surface area contributed by atoms with Crippen molar-refractivity contribution in [2.24, 2.45) is 0 Å². The molecule has 100 valence electrons. The van der Waals surface area contributed by atoms with Gasteiger partial charge in [0.1, 0.15) is 5.15 Å². The molecule has 0 bridgehead atoms. The van der Waals surface area contributed by atoms with E-state index < -0.39 is 0 Å². The molecular weight excluding hydrogens is 285 g/mol. The summed E-state index contributed by atoms with van der Waals surface area (Å²) in [5, 5.41) is 3.86. The molecule has 0 fully saturated rings. The maximum Gasteiger partial charge on any atom is 0.152 e. The first kappa shape index (κ1) is 15.3. The van der Waals surface area contributed by atoms with Crippen molar-refractivity contribution in [3.05, 3.63) is 52.3 Å². The fourth-order valence-corrected chi connectivity index (χ4v) is 1.67. The van der Waals surface area contributed by atoms with Crippen molar-refractivity contribution in [2.75, 3.05) is 18.1 Å². The Morgan fingerprint density at radius 3 is 2.47 bits per heavy atom. The Labute approximate surface area is 121 Å². The lowest BCUT2D eigenvalue weighted by Gasteiger charge is -2.00. The highest BCUT2D eigenvalue weighted by atomic mass is 35.5. The van der Waals surface area contributed by atoms with Gasteiger partial charge in [-0.05, 0) is 18.2 Å². The van der Waals surface area contributed by atoms with E-state index in [9.17, 15) is 4.79 Å². The number of hydrogen-bond acceptors (Lipinski definition) is 4. The van der Waals surface area contributed by atoms with Gasteiger partial charge < -0.3 is 11.1 Å². The van der Waals surface area contributed by atoms with E-state index in [4.69, 9.17) is 28.9 Å². The Hall–Kier alpha value is -1.78. The molecule has 0 spiro atoms. The zero-order chi connectivity index (χ0) is 14.3. The second-order valence-electron chi connectivity index (χ2n) is 3.48. The lowest BCUT2D eigenvalue weighted by Crippen LogP contribution is -1.90. The number of benzene rings is 1. The van der Waals surface area contributed by atoms with Crippen LogP contribution in [0.4, 0.5) is 11.4 Å². The Morgan fingerprint density at radius 2 is 2.00 bits per heavy atom. The molecule has 0 saturated carbocycles. The first-order valence-electron chi connectivity index (χ1n) is 5.37. The minimum Gasteiger partial charge on any atom is -0.398 e. The van der Waals surface area contributed by atoms with Crippen LogP contribution >= 0.6 is 23.2 Å². The SMILES string of the molecule is CNc1cnc(Cl)cc1Cl.Nc1ccccc1C=O. The van der Waals surface area contributed by atoms with Crippen LogP contribution in [0.5, 0.6) is 0 Å². The number of nitrogens with two attached hydrogens (primary N) is 1. The molecule has 0 aliphatic rings. The Morgan fingerprint density at radius 1 is 1.32 bits per heavy atom. The highest BCUT2D eigenvalue weighted by Crippen LogP contribution is 2.22. The van der Waals surface area contributed by atoms with Crippen LogP contribution in [0.1, 0.15) is 10.4 Å². The monoisotopic (exact) mass is 297 g/mol. The molecule has 0 aliphatic heterocycles. The number of aldehydes is 1. The van der Waals surface area contributed by atoms with Crippen molar-refractivity contribution in [3.63, 3.8) is 0 Å². The summed E-state index contributed by atoms with van der Waals surface area (Å²) in [4.78, 5) is 14.0. The minimum atomic E-state index is 0.406. The number of carbonyl (C=O) groups excluding carboxylic acids is 1. The van der Waals surface area contributed by atoms with Crippen LogP contribution in [0.25, 0.3) is 0 Å². The summed E-state index contributed by atoms with van der Waals surface area (Å²) < 4.78 is 0. The molecule has 0 amide bonds. The van der Waals surface area contributed by atoms with E-state index in [1.807, 2.05) is 0 Å². The number of anilines is 2. The largest absolute Gasteiger partial charge is 0.398 e. The summed E-state index contributed by atoms with van der Waals surface area (Å²) >= 11 is 11.3. The van der Waals surface area contributed by atoms with Gasteiger partial charge in [-0.25, -0.2) is 4.98 Å². The first-order chi connectivity index (χ1) is 9.08. The average Bonchev–Trinajstić information content (AvgIpc) is 2.40. The van der Waals surface area contributed by atoms with Crippen molar-refractivity contribution in [3.8, 4) is 0 Å². The fourth-order valence-electron chi connectivity index (χ4n) is 1.21. The van der Waals surface area contributed by atoms with Gasteiger partial charge in [-0.15, -0.1) is 0 Å². The first-order valence-corrected chi connectivity index (χ1v) is 6.12. The van der Waals surface area contributed by atoms with E-state index in [2.05, 4.69) is 10.3 Å². The topological polar surface area (TPSA) is 68.0 Å². The third kappa shape index (κ3) is 4.77. The summed E-state index contributed by atoms with van der Waals surface area (Å²) in [6.45, 7) is 0. The third-order valence-electron chi connectivity index (χ3n) is 2.21. The van der Waals surface area contributed by atoms with E-state index in [-0.39, 0.29) is 0 Å². The van der Waals surface area contributed by atoms with Crippen molar-refractivity contribution in [2.45, 2.75) is 0 Å². The number of hydrogen-bond donors (Lipinski definition) is 2. The molecule has 6 heteroatoms. The number of nitrogen functional groups attached to an aromatic ring is 1. The molecule has 0 unspecified atom stereocenters. The zero-order valence-electron chi connectivity index (χ0n) is 10.2. The molecule has 1 aromatic carbocycles. The third-order valence-corrected chi connectivity index (χ3v) is 2.73. The predicted molar refractivity (Wildman–Crippen MR) is 80.0 cm³/mol. The molecule has 0 atom stereocenters. The van der Waals surface area contributed by atoms with Gasteiger partial charge in [-0.3, -0.25) is 4.79 Å². The number of carbonyl (C=O) groups is 1. The van der Waals surface area contributed by atoms with Gasteiger partial charge in [0.2, 0.25) is 0 Å². The van der Waals surface area contributed by atoms with Crippen LogP contribution in [0.3, 0.4) is 0 Å². The normalized spacial score (nSPS) is 9.21. The van der Waals surface area contributed by atoms with Crippen molar-refractivity contribution in [1.29, 1.82) is 0 Å². The zero-order valence-corrected chi connectivity index (χ0v) is 11.7. The summed E-state index contributed by atoms with van der Waals surface area (Å²) in [5.41, 5.74) is 7.27. The molecule has 1 heterocycles. The van der Waals surface area contributed by atoms with Gasteiger partial charge >= 0.3 is 0 Å². The van der Waals surface area contributed by atoms with Crippen LogP contribution in [0.2, 0.25) is 10.2 Å². The van der Waals surface area contributed by atoms with Crippen LogP contribution in [0.15, 0.2) is 36.5 Å². The van der Waals surface area contributed by atoms with Gasteiger partial charge in [0, 0.05) is 18.3 Å². The van der Waals surface area contributed by atoms with Crippen LogP contribution < -0.4 is 11.1 Å². The molecule has 0 saturated heterocycles. The van der Waals surface area contributed by atoms with Crippen molar-refractivity contribution >= 4 is 40.9 Å². The van der Waals surface area contributed by atoms with Gasteiger partial charge in [-0.2, -0.15) is 0 Å². The smallest absolute Gasteiger partial charge is 0.152 e. The van der Waals surface area contributed by atoms with Crippen molar-refractivity contribution < 1.29 is 4.79 Å². The Bertz CT molecular complexity index is 561. The second kappa shape index (κ2) is 7.61. The number of nitrogens with one attached hydrogen (secondary N) is 1. The molecule has 0 aliphatic carbocycles. The highest BCUT2D eigenvalue weighted by Gasteiger charge is 1.97. The lowest BCUT2D eigenvalue weighted by molar-refractivity contribution is 0.112. The minimum absolute atomic E-state index is 0.406. The fraction of sp³-hybridized carbons (Fsp3) is 0.0769. The number of nitrogens with zero attached hydrogens (tertiary/aromatic N) is 1. The number of aromatic nitrogens is 1. The Balaban J connectivity index is 0.000000191. The molecule has 0 radical (unpaired) electrons. The van der Waals surface area contributed by atoms with Gasteiger partial charge in [0.05, 0.1) is 16.9 Å². The molecule has 1 aromatic heterocycles. The standard InChI is InChI=1S/C7H7NO.C6H6Cl2N2/c8-7-4-2-1-3-6(7)5-9;1-9-5-3-10-6(8)2-4(5)7/h1-5H,8H2;2-3,9H,1H3. The Kier molecular flexibility index (Phi) is 6.12. The molecule has 19 heavy (non-hydrogen) atoms. The number of para-hydroxylation sites is 1. The summed E-state index contributed by atoms with van der Waals surface area (Å²) in [6.07, 6.45) is 2.33. The quantitative estimate of drug-likeness (QED) is 0.506. The molecule has 2 aromatic rings. The predicted octanol–water partition coefficient (Wildman–Crippen LogP) is 3.51. The van der Waals surface area contributed by atoms with E-state index >= 15 is 0 Å². The number of pyridine rings is 1. The van der Waals surface area contributed by atoms with Gasteiger partial charge in [0.15, 0.2) is 6.29 Å². The number of rotatable bonds is 2. The molecule has 2 rings (SSSR count). The average molecular weight is 298 g/mol. The summed E-state index contributed by atoms with van der Waals surface area (Å²) in [7, 11) is 1.77. The number of halogens is 2. The van der Waals surface area contributed by atoms with E-state index in [1.54, 1.807) is 43.6 Å². The molecule has 3 N–H and O–H groups in total. The van der Waals surface area contributed by atoms with Crippen LogP contribution in [-0.2, 0) is 0 Å². The van der Waals surface area contributed by atoms with E-state index in [1.165, 1.54) is 0 Å². The maximum atomic E-state index is 10.1. The maximum absolute atomic E-state index is 10.1. The molecule has 4 nitrogen and oxygen atoms in total. The summed E-state index contributed by atoms with van der Waals surface area (Å²) in [6, 6.07) is 8.55. The molecular formula is C13H13Cl2N3O. The van der Waals surface area contributed by atoms with Gasteiger partial charge in [-0.1, -0.05) is 35.3 Å². The van der Waals surface area contributed by atoms with Crippen LogP contribution in [0, 0.1) is 0 Å². The lowest BCUT2D eigenvalue weighted by atomic mass is 10.2. The van der Waals surface area contributed by atoms with E-state index in [0.29, 0.717) is 21.4 Å².